The zero-order chi connectivity index (χ0) is 34.0. The number of hydroxylamine groups is 4. The molecular formula is C34H49N3O10. The van der Waals surface area contributed by atoms with E-state index in [1.165, 1.54) is 10.1 Å². The molecule has 3 amide bonds. The maximum absolute atomic E-state index is 12.9. The van der Waals surface area contributed by atoms with Crippen molar-refractivity contribution >= 4 is 23.7 Å². The van der Waals surface area contributed by atoms with E-state index in [9.17, 15) is 19.2 Å². The van der Waals surface area contributed by atoms with Gasteiger partial charge in [-0.3, -0.25) is 28.9 Å². The van der Waals surface area contributed by atoms with Crippen LogP contribution >= 0.6 is 0 Å². The van der Waals surface area contributed by atoms with Crippen LogP contribution in [0.3, 0.4) is 0 Å². The number of carbonyl (C=O) groups is 4. The number of benzene rings is 2. The van der Waals surface area contributed by atoms with Crippen LogP contribution in [0.25, 0.3) is 0 Å². The SMILES string of the molecule is COCCOCCOCCN(OCc1ccccc1)C(=O)CCC(=O)NCCCCCN(OCc1ccccc1)C(=O)CCC(=O)O. The van der Waals surface area contributed by atoms with E-state index in [0.29, 0.717) is 58.8 Å². The first kappa shape index (κ1) is 39.3. The summed E-state index contributed by atoms with van der Waals surface area (Å²) in [5, 5.41) is 14.2. The predicted octanol–water partition coefficient (Wildman–Crippen LogP) is 3.52. The fourth-order valence-corrected chi connectivity index (χ4v) is 4.14. The third-order valence-corrected chi connectivity index (χ3v) is 6.74. The van der Waals surface area contributed by atoms with Crippen LogP contribution in [0.5, 0.6) is 0 Å². The first-order valence-electron chi connectivity index (χ1n) is 16.0. The molecule has 0 saturated carbocycles. The predicted molar refractivity (Wildman–Crippen MR) is 172 cm³/mol. The molecule has 0 spiro atoms. The molecule has 0 aliphatic heterocycles. The molecule has 0 aromatic heterocycles. The zero-order valence-corrected chi connectivity index (χ0v) is 27.3. The molecule has 0 aliphatic rings. The molecule has 0 atom stereocenters. The van der Waals surface area contributed by atoms with Gasteiger partial charge in [0.2, 0.25) is 17.7 Å². The first-order chi connectivity index (χ1) is 22.9. The van der Waals surface area contributed by atoms with Crippen LogP contribution in [0.15, 0.2) is 60.7 Å². The van der Waals surface area contributed by atoms with Gasteiger partial charge >= 0.3 is 5.97 Å². The summed E-state index contributed by atoms with van der Waals surface area (Å²) in [4.78, 5) is 60.3. The highest BCUT2D eigenvalue weighted by atomic mass is 16.7. The number of aliphatic carboxylic acids is 1. The summed E-state index contributed by atoms with van der Waals surface area (Å²) < 4.78 is 15.9. The Labute approximate surface area is 277 Å². The average molecular weight is 660 g/mol. The molecule has 0 saturated heterocycles. The monoisotopic (exact) mass is 659 g/mol. The van der Waals surface area contributed by atoms with Crippen LogP contribution in [-0.2, 0) is 56.3 Å². The number of hydrogen-bond donors (Lipinski definition) is 2. The summed E-state index contributed by atoms with van der Waals surface area (Å²) in [5.74, 6) is -2.00. The number of carbonyl (C=O) groups excluding carboxylic acids is 3. The maximum atomic E-state index is 12.9. The van der Waals surface area contributed by atoms with Crippen molar-refractivity contribution in [2.45, 2.75) is 58.2 Å². The summed E-state index contributed by atoms with van der Waals surface area (Å²) in [6.45, 7) is 3.34. The number of rotatable bonds is 27. The van der Waals surface area contributed by atoms with Gasteiger partial charge in [0.15, 0.2) is 0 Å². The molecule has 0 heterocycles. The summed E-state index contributed by atoms with van der Waals surface area (Å²) in [7, 11) is 1.60. The number of ether oxygens (including phenoxy) is 3. The second-order valence-corrected chi connectivity index (χ2v) is 10.5. The van der Waals surface area contributed by atoms with Gasteiger partial charge in [0.1, 0.15) is 13.2 Å². The Morgan fingerprint density at radius 2 is 1.17 bits per heavy atom. The third-order valence-electron chi connectivity index (χ3n) is 6.74. The largest absolute Gasteiger partial charge is 0.481 e. The van der Waals surface area contributed by atoms with E-state index in [0.717, 1.165) is 11.1 Å². The van der Waals surface area contributed by atoms with Gasteiger partial charge in [-0.05, 0) is 30.4 Å². The number of nitrogens with zero attached hydrogens (tertiary/aromatic N) is 2. The van der Waals surface area contributed by atoms with Crippen LogP contribution in [0, 0.1) is 0 Å². The molecule has 0 radical (unpaired) electrons. The second kappa shape index (κ2) is 25.2. The maximum Gasteiger partial charge on any atom is 0.303 e. The highest BCUT2D eigenvalue weighted by molar-refractivity contribution is 5.83. The summed E-state index contributed by atoms with van der Waals surface area (Å²) >= 11 is 0. The van der Waals surface area contributed by atoms with E-state index in [-0.39, 0.29) is 69.8 Å². The lowest BCUT2D eigenvalue weighted by molar-refractivity contribution is -0.195. The Hall–Kier alpha value is -3.88. The van der Waals surface area contributed by atoms with Crippen LogP contribution in [0.1, 0.15) is 56.1 Å². The smallest absolute Gasteiger partial charge is 0.303 e. The van der Waals surface area contributed by atoms with Crippen LogP contribution in [0.2, 0.25) is 0 Å². The van der Waals surface area contributed by atoms with Gasteiger partial charge in [-0.1, -0.05) is 60.7 Å². The van der Waals surface area contributed by atoms with Gasteiger partial charge < -0.3 is 24.6 Å². The fraction of sp³-hybridized carbons (Fsp3) is 0.529. The van der Waals surface area contributed by atoms with Gasteiger partial charge in [0, 0.05) is 39.5 Å². The van der Waals surface area contributed by atoms with Gasteiger partial charge in [-0.25, -0.2) is 10.1 Å². The first-order valence-corrected chi connectivity index (χ1v) is 16.0. The van der Waals surface area contributed by atoms with Crippen LogP contribution in [0.4, 0.5) is 0 Å². The summed E-state index contributed by atoms with van der Waals surface area (Å²) in [6.07, 6.45) is 1.55. The van der Waals surface area contributed by atoms with Gasteiger partial charge in [0.05, 0.1) is 46.0 Å². The molecule has 0 aliphatic carbocycles. The normalized spacial score (nSPS) is 10.8. The van der Waals surface area contributed by atoms with E-state index in [1.54, 1.807) is 7.11 Å². The van der Waals surface area contributed by atoms with Crippen molar-refractivity contribution < 1.29 is 48.2 Å². The molecular weight excluding hydrogens is 610 g/mol. The number of nitrogens with one attached hydrogen (secondary N) is 1. The van der Waals surface area contributed by atoms with Crippen molar-refractivity contribution in [3.05, 3.63) is 71.8 Å². The Balaban J connectivity index is 1.69. The minimum absolute atomic E-state index is 0.0113. The number of hydrogen-bond acceptors (Lipinski definition) is 9. The Morgan fingerprint density at radius 3 is 1.74 bits per heavy atom. The highest BCUT2D eigenvalue weighted by Crippen LogP contribution is 2.09. The number of unbranched alkanes of at least 4 members (excludes halogenated alkanes) is 2. The molecule has 2 aromatic rings. The van der Waals surface area contributed by atoms with Gasteiger partial charge in [0.25, 0.3) is 0 Å². The quantitative estimate of drug-likeness (QED) is 0.108. The number of carboxylic acid groups (broad SMARTS) is 1. The average Bonchev–Trinajstić information content (AvgIpc) is 3.08. The molecule has 2 aromatic carbocycles. The van der Waals surface area contributed by atoms with Crippen LogP contribution < -0.4 is 5.32 Å². The van der Waals surface area contributed by atoms with E-state index in [1.807, 2.05) is 60.7 Å². The van der Waals surface area contributed by atoms with E-state index >= 15 is 0 Å². The second-order valence-electron chi connectivity index (χ2n) is 10.5. The van der Waals surface area contributed by atoms with Crippen molar-refractivity contribution in [3.8, 4) is 0 Å². The molecule has 2 N–H and O–H groups in total. The molecule has 13 nitrogen and oxygen atoms in total. The molecule has 0 bridgehead atoms. The molecule has 0 fully saturated rings. The molecule has 0 unspecified atom stereocenters. The van der Waals surface area contributed by atoms with Gasteiger partial charge in [-0.2, -0.15) is 0 Å². The van der Waals surface area contributed by atoms with E-state index < -0.39 is 5.97 Å². The molecule has 13 heteroatoms. The molecule has 47 heavy (non-hydrogen) atoms. The summed E-state index contributed by atoms with van der Waals surface area (Å²) in [5.41, 5.74) is 1.80. The van der Waals surface area contributed by atoms with Gasteiger partial charge in [-0.15, -0.1) is 0 Å². The number of amides is 3. The fourth-order valence-electron chi connectivity index (χ4n) is 4.14. The summed E-state index contributed by atoms with van der Waals surface area (Å²) in [6, 6.07) is 18.9. The van der Waals surface area contributed by atoms with E-state index in [2.05, 4.69) is 5.32 Å². The Bertz CT molecular complexity index is 1150. The van der Waals surface area contributed by atoms with Crippen molar-refractivity contribution in [1.82, 2.24) is 15.4 Å². The zero-order valence-electron chi connectivity index (χ0n) is 27.3. The minimum atomic E-state index is -1.05. The molecule has 2 rings (SSSR count). The lowest BCUT2D eigenvalue weighted by atomic mass is 10.2. The third kappa shape index (κ3) is 19.4. The Kier molecular flexibility index (Phi) is 21.1. The van der Waals surface area contributed by atoms with Crippen molar-refractivity contribution in [2.24, 2.45) is 0 Å². The molecule has 260 valence electrons. The van der Waals surface area contributed by atoms with Crippen molar-refractivity contribution in [2.75, 3.05) is 59.8 Å². The number of methoxy groups -OCH3 is 1. The van der Waals surface area contributed by atoms with Crippen molar-refractivity contribution in [1.29, 1.82) is 0 Å². The minimum Gasteiger partial charge on any atom is -0.481 e. The standard InChI is InChI=1S/C34H49N3O10/c1-43-23-24-45-26-25-44-22-21-37(47-28-30-13-7-3-8-14-30)32(39)16-15-31(38)35-19-9-4-10-20-36(33(40)17-18-34(41)42)46-27-29-11-5-2-6-12-29/h2-3,5-8,11-14H,4,9-10,15-28H2,1H3,(H,35,38)(H,41,42). The highest BCUT2D eigenvalue weighted by Gasteiger charge is 2.18. The van der Waals surface area contributed by atoms with Crippen LogP contribution in [-0.4, -0.2) is 98.7 Å². The topological polar surface area (TPSA) is 153 Å². The van der Waals surface area contributed by atoms with Crippen molar-refractivity contribution in [3.63, 3.8) is 0 Å². The Morgan fingerprint density at radius 1 is 0.638 bits per heavy atom. The van der Waals surface area contributed by atoms with E-state index in [4.69, 9.17) is 29.0 Å². The lowest BCUT2D eigenvalue weighted by Crippen LogP contribution is -2.35. The lowest BCUT2D eigenvalue weighted by Gasteiger charge is -2.22. The number of carboxylic acids is 1.